The molecule has 0 atom stereocenters. The third kappa shape index (κ3) is 5.42. The van der Waals surface area contributed by atoms with Crippen LogP contribution in [0.4, 0.5) is 17.6 Å². The third-order valence-corrected chi connectivity index (χ3v) is 6.02. The van der Waals surface area contributed by atoms with E-state index in [1.165, 1.54) is 12.1 Å². The topological polar surface area (TPSA) is 58.6 Å². The molecule has 6 nitrogen and oxygen atoms in total. The summed E-state index contributed by atoms with van der Waals surface area (Å²) in [6.45, 7) is 2.77. The summed E-state index contributed by atoms with van der Waals surface area (Å²) in [7, 11) is 0. The van der Waals surface area contributed by atoms with Crippen LogP contribution in [0.25, 0.3) is 0 Å². The number of carbonyl (C=O) groups excluding carboxylic acids is 1. The molecule has 32 heavy (non-hydrogen) atoms. The molecule has 1 amide bonds. The van der Waals surface area contributed by atoms with E-state index >= 15 is 0 Å². The van der Waals surface area contributed by atoms with Crippen molar-refractivity contribution in [2.45, 2.75) is 37.6 Å². The van der Waals surface area contributed by atoms with Crippen LogP contribution in [0.5, 0.6) is 0 Å². The molecule has 2 aromatic heterocycles. The number of halogens is 4. The largest absolute Gasteiger partial charge is 0.433 e. The molecule has 2 aromatic rings. The van der Waals surface area contributed by atoms with Crippen LogP contribution in [0.2, 0.25) is 0 Å². The lowest BCUT2D eigenvalue weighted by atomic mass is 9.89. The molecular weight excluding hydrogens is 428 g/mol. The van der Waals surface area contributed by atoms with Crippen molar-refractivity contribution in [1.29, 1.82) is 0 Å². The summed E-state index contributed by atoms with van der Waals surface area (Å²) in [5.74, 6) is -0.550. The summed E-state index contributed by atoms with van der Waals surface area (Å²) in [6.07, 6.45) is -1.46. The molecule has 0 radical (unpaired) electrons. The first-order chi connectivity index (χ1) is 15.2. The molecule has 2 aliphatic rings. The fraction of sp³-hybridized carbons (Fsp3) is 0.500. The van der Waals surface area contributed by atoms with Crippen LogP contribution >= 0.6 is 0 Å². The molecule has 0 aliphatic carbocycles. The maximum absolute atomic E-state index is 13.1. The zero-order valence-corrected chi connectivity index (χ0v) is 17.4. The van der Waals surface area contributed by atoms with E-state index in [1.807, 2.05) is 0 Å². The monoisotopic (exact) mass is 452 g/mol. The Morgan fingerprint density at radius 3 is 2.56 bits per heavy atom. The van der Waals surface area contributed by atoms with Gasteiger partial charge >= 0.3 is 6.18 Å². The Kier molecular flexibility index (Phi) is 6.43. The standard InChI is InChI=1S/C22H24F4N4O2/c23-16-4-5-18(27-12-16)13-30-15-21(32-14-20(30)31)7-10-29(11-8-21)9-6-17-2-1-3-19(28-17)22(24,25)26/h1-5,12H,6-11,13-15H2. The van der Waals surface area contributed by atoms with Gasteiger partial charge < -0.3 is 14.5 Å². The predicted octanol–water partition coefficient (Wildman–Crippen LogP) is 3.07. The zero-order valence-electron chi connectivity index (χ0n) is 17.4. The van der Waals surface area contributed by atoms with Gasteiger partial charge in [0.25, 0.3) is 0 Å². The minimum Gasteiger partial charge on any atom is -0.363 e. The van der Waals surface area contributed by atoms with Crippen LogP contribution in [-0.4, -0.2) is 64.1 Å². The lowest BCUT2D eigenvalue weighted by Gasteiger charge is -2.47. The van der Waals surface area contributed by atoms with E-state index in [2.05, 4.69) is 14.9 Å². The molecular formula is C22H24F4N4O2. The first-order valence-corrected chi connectivity index (χ1v) is 10.5. The number of likely N-dealkylation sites (tertiary alicyclic amines) is 1. The average molecular weight is 452 g/mol. The maximum atomic E-state index is 13.1. The van der Waals surface area contributed by atoms with Crippen molar-refractivity contribution in [3.05, 3.63) is 59.4 Å². The minimum absolute atomic E-state index is 0.00461. The lowest BCUT2D eigenvalue weighted by Crippen LogP contribution is -2.58. The molecule has 10 heteroatoms. The number of pyridine rings is 2. The summed E-state index contributed by atoms with van der Waals surface area (Å²) in [4.78, 5) is 24.0. The first kappa shape index (κ1) is 22.6. The van der Waals surface area contributed by atoms with Crippen LogP contribution < -0.4 is 0 Å². The zero-order chi connectivity index (χ0) is 22.8. The van der Waals surface area contributed by atoms with Crippen LogP contribution in [0.3, 0.4) is 0 Å². The molecule has 4 heterocycles. The normalized spacial score (nSPS) is 19.5. The number of rotatable bonds is 5. The van der Waals surface area contributed by atoms with Gasteiger partial charge in [0.15, 0.2) is 0 Å². The number of piperidine rings is 1. The molecule has 2 saturated heterocycles. The van der Waals surface area contributed by atoms with Gasteiger partial charge in [0.1, 0.15) is 18.1 Å². The van der Waals surface area contributed by atoms with Crippen molar-refractivity contribution in [1.82, 2.24) is 19.8 Å². The Hall–Kier alpha value is -2.59. The van der Waals surface area contributed by atoms with Crippen LogP contribution in [0.15, 0.2) is 36.5 Å². The second-order valence-corrected chi connectivity index (χ2v) is 8.29. The summed E-state index contributed by atoms with van der Waals surface area (Å²) in [6, 6.07) is 6.85. The number of morpholine rings is 1. The van der Waals surface area contributed by atoms with Gasteiger partial charge in [-0.15, -0.1) is 0 Å². The van der Waals surface area contributed by atoms with Gasteiger partial charge in [0.2, 0.25) is 5.91 Å². The van der Waals surface area contributed by atoms with Crippen LogP contribution in [0, 0.1) is 5.82 Å². The van der Waals surface area contributed by atoms with E-state index in [-0.39, 0.29) is 12.5 Å². The highest BCUT2D eigenvalue weighted by Gasteiger charge is 2.42. The Balaban J connectivity index is 1.30. The number of alkyl halides is 3. The highest BCUT2D eigenvalue weighted by atomic mass is 19.4. The van der Waals surface area contributed by atoms with Gasteiger partial charge in [-0.1, -0.05) is 6.07 Å². The van der Waals surface area contributed by atoms with Crippen molar-refractivity contribution in [3.8, 4) is 0 Å². The highest BCUT2D eigenvalue weighted by Crippen LogP contribution is 2.31. The summed E-state index contributed by atoms with van der Waals surface area (Å²) >= 11 is 0. The number of nitrogens with zero attached hydrogens (tertiary/aromatic N) is 4. The van der Waals surface area contributed by atoms with Gasteiger partial charge in [0, 0.05) is 31.7 Å². The summed E-state index contributed by atoms with van der Waals surface area (Å²) in [5, 5.41) is 0. The maximum Gasteiger partial charge on any atom is 0.433 e. The van der Waals surface area contributed by atoms with Gasteiger partial charge in [-0.25, -0.2) is 9.37 Å². The minimum atomic E-state index is -4.45. The quantitative estimate of drug-likeness (QED) is 0.653. The molecule has 1 spiro atoms. The Morgan fingerprint density at radius 1 is 1.09 bits per heavy atom. The molecule has 0 unspecified atom stereocenters. The van der Waals surface area contributed by atoms with E-state index < -0.39 is 23.3 Å². The Morgan fingerprint density at radius 2 is 1.88 bits per heavy atom. The highest BCUT2D eigenvalue weighted by molar-refractivity contribution is 5.78. The molecule has 0 saturated carbocycles. The molecule has 2 aliphatic heterocycles. The molecule has 0 aromatic carbocycles. The number of ether oxygens (including phenoxy) is 1. The molecule has 172 valence electrons. The van der Waals surface area contributed by atoms with Crippen molar-refractivity contribution < 1.29 is 27.1 Å². The fourth-order valence-electron chi connectivity index (χ4n) is 4.16. The van der Waals surface area contributed by atoms with E-state index in [1.54, 1.807) is 17.0 Å². The number of hydrogen-bond donors (Lipinski definition) is 0. The number of amides is 1. The van der Waals surface area contributed by atoms with Crippen LogP contribution in [0.1, 0.15) is 29.9 Å². The van der Waals surface area contributed by atoms with Crippen molar-refractivity contribution in [3.63, 3.8) is 0 Å². The fourth-order valence-corrected chi connectivity index (χ4v) is 4.16. The number of hydrogen-bond acceptors (Lipinski definition) is 5. The number of aromatic nitrogens is 2. The van der Waals surface area contributed by atoms with Crippen molar-refractivity contribution >= 4 is 5.91 Å². The second kappa shape index (κ2) is 9.11. The van der Waals surface area contributed by atoms with Crippen molar-refractivity contribution in [2.24, 2.45) is 0 Å². The third-order valence-electron chi connectivity index (χ3n) is 6.02. The average Bonchev–Trinajstić information content (AvgIpc) is 2.77. The van der Waals surface area contributed by atoms with Gasteiger partial charge in [-0.05, 0) is 37.1 Å². The number of carbonyl (C=O) groups is 1. The Labute approximate surface area is 183 Å². The molecule has 0 N–H and O–H groups in total. The van der Waals surface area contributed by atoms with Crippen molar-refractivity contribution in [2.75, 3.05) is 32.8 Å². The summed E-state index contributed by atoms with van der Waals surface area (Å²) in [5.41, 5.74) is -0.289. The Bertz CT molecular complexity index is 944. The summed E-state index contributed by atoms with van der Waals surface area (Å²) < 4.78 is 57.6. The van der Waals surface area contributed by atoms with Gasteiger partial charge in [0.05, 0.1) is 30.6 Å². The van der Waals surface area contributed by atoms with Gasteiger partial charge in [-0.3, -0.25) is 9.78 Å². The van der Waals surface area contributed by atoms with E-state index in [0.717, 1.165) is 25.4 Å². The lowest BCUT2D eigenvalue weighted by molar-refractivity contribution is -0.172. The molecule has 4 rings (SSSR count). The molecule has 0 bridgehead atoms. The van der Waals surface area contributed by atoms with E-state index in [0.29, 0.717) is 50.3 Å². The first-order valence-electron chi connectivity index (χ1n) is 10.5. The SMILES string of the molecule is O=C1COC2(CCN(CCc3cccc(C(F)(F)F)n3)CC2)CN1Cc1ccc(F)cn1. The van der Waals surface area contributed by atoms with Gasteiger partial charge in [-0.2, -0.15) is 13.2 Å². The second-order valence-electron chi connectivity index (χ2n) is 8.29. The smallest absolute Gasteiger partial charge is 0.363 e. The van der Waals surface area contributed by atoms with E-state index in [4.69, 9.17) is 4.74 Å². The predicted molar refractivity (Wildman–Crippen MR) is 107 cm³/mol. The van der Waals surface area contributed by atoms with Crippen LogP contribution in [-0.2, 0) is 28.7 Å². The molecule has 2 fully saturated rings. The van der Waals surface area contributed by atoms with E-state index in [9.17, 15) is 22.4 Å².